The second kappa shape index (κ2) is 7.19. The summed E-state index contributed by atoms with van der Waals surface area (Å²) in [5.41, 5.74) is 3.21. The van der Waals surface area contributed by atoms with Crippen LogP contribution in [0.3, 0.4) is 0 Å². The van der Waals surface area contributed by atoms with Gasteiger partial charge in [0.25, 0.3) is 0 Å². The molecule has 0 fully saturated rings. The van der Waals surface area contributed by atoms with E-state index in [-0.39, 0.29) is 0 Å². The highest BCUT2D eigenvalue weighted by atomic mass is 16.5. The minimum absolute atomic E-state index is 0.412. The molecule has 0 spiro atoms. The Labute approximate surface area is 178 Å². The van der Waals surface area contributed by atoms with Crippen molar-refractivity contribution in [3.05, 3.63) is 89.3 Å². The van der Waals surface area contributed by atoms with Crippen LogP contribution in [0.15, 0.2) is 65.4 Å². The molecule has 8 nitrogen and oxygen atoms in total. The Hall–Kier alpha value is -3.75. The largest absolute Gasteiger partial charge is 0.373 e. The average molecular weight is 415 g/mol. The number of pyridine rings is 2. The first-order valence-electron chi connectivity index (χ1n) is 9.87. The molecule has 8 heteroatoms. The van der Waals surface area contributed by atoms with E-state index in [4.69, 9.17) is 4.52 Å². The number of nitrogens with one attached hydrogen (secondary N) is 2. The minimum atomic E-state index is -1.68. The van der Waals surface area contributed by atoms with Crippen molar-refractivity contribution in [3.63, 3.8) is 0 Å². The molecule has 1 atom stereocenters. The quantitative estimate of drug-likeness (QED) is 0.402. The molecule has 1 aliphatic heterocycles. The van der Waals surface area contributed by atoms with Crippen LogP contribution in [0.25, 0.3) is 11.1 Å². The lowest BCUT2D eigenvalue weighted by Crippen LogP contribution is -2.32. The van der Waals surface area contributed by atoms with Gasteiger partial charge in [-0.3, -0.25) is 9.97 Å². The third-order valence-corrected chi connectivity index (χ3v) is 5.49. The van der Waals surface area contributed by atoms with Crippen LogP contribution in [0.1, 0.15) is 28.4 Å². The number of rotatable bonds is 4. The molecule has 5 rings (SSSR count). The summed E-state index contributed by atoms with van der Waals surface area (Å²) in [5.74, 6) is 0.661. The second-order valence-corrected chi connectivity index (χ2v) is 7.48. The molecule has 1 unspecified atom stereocenters. The molecule has 156 valence electrons. The van der Waals surface area contributed by atoms with Gasteiger partial charge in [0, 0.05) is 23.5 Å². The number of hydrogen-bond acceptors (Lipinski definition) is 8. The van der Waals surface area contributed by atoms with Gasteiger partial charge in [-0.2, -0.15) is 0 Å². The summed E-state index contributed by atoms with van der Waals surface area (Å²) in [6, 6.07) is 14.5. The van der Waals surface area contributed by atoms with E-state index in [1.54, 1.807) is 36.7 Å². The van der Waals surface area contributed by atoms with Crippen LogP contribution >= 0.6 is 0 Å². The Morgan fingerprint density at radius 1 is 0.968 bits per heavy atom. The molecule has 4 N–H and O–H groups in total. The summed E-state index contributed by atoms with van der Waals surface area (Å²) in [7, 11) is 0. The smallest absolute Gasteiger partial charge is 0.202 e. The number of aryl methyl sites for hydroxylation is 2. The van der Waals surface area contributed by atoms with Gasteiger partial charge in [-0.1, -0.05) is 17.3 Å². The lowest BCUT2D eigenvalue weighted by Gasteiger charge is -2.30. The Morgan fingerprint density at radius 3 is 2.19 bits per heavy atom. The maximum absolute atomic E-state index is 12.2. The molecule has 0 radical (unpaired) electrons. The van der Waals surface area contributed by atoms with Crippen molar-refractivity contribution in [2.75, 3.05) is 10.6 Å². The van der Waals surface area contributed by atoms with E-state index in [1.165, 1.54) is 0 Å². The van der Waals surface area contributed by atoms with Crippen LogP contribution in [0, 0.1) is 13.8 Å². The molecule has 1 aliphatic rings. The Balaban J connectivity index is 1.83. The molecule has 0 saturated heterocycles. The van der Waals surface area contributed by atoms with Gasteiger partial charge in [-0.25, -0.2) is 0 Å². The molecule has 0 bridgehead atoms. The Bertz CT molecular complexity index is 1180. The predicted octanol–water partition coefficient (Wildman–Crippen LogP) is 3.15. The number of hydrogen-bond donors (Lipinski definition) is 4. The van der Waals surface area contributed by atoms with E-state index in [2.05, 4.69) is 25.8 Å². The highest BCUT2D eigenvalue weighted by Crippen LogP contribution is 2.46. The maximum atomic E-state index is 12.2. The standard InChI is InChI=1S/C23H21N5O3/c1-13-20(14(2)31-28-13)15-11-16(21-17(12-15)26-22(29)27-21)23(30,18-7-3-5-9-24-18)19-8-4-6-10-25-19/h3-12,22,26-27,29-30H,1-2H3. The summed E-state index contributed by atoms with van der Waals surface area (Å²) in [5, 5.41) is 32.5. The second-order valence-electron chi connectivity index (χ2n) is 7.48. The number of aliphatic hydroxyl groups is 2. The van der Waals surface area contributed by atoms with Crippen molar-refractivity contribution in [2.24, 2.45) is 0 Å². The zero-order valence-electron chi connectivity index (χ0n) is 17.0. The van der Waals surface area contributed by atoms with Gasteiger partial charge in [0.1, 0.15) is 5.76 Å². The van der Waals surface area contributed by atoms with Gasteiger partial charge in [0.15, 0.2) is 5.60 Å². The van der Waals surface area contributed by atoms with E-state index in [0.717, 1.165) is 16.8 Å². The third-order valence-electron chi connectivity index (χ3n) is 5.49. The van der Waals surface area contributed by atoms with Crippen LogP contribution in [-0.4, -0.2) is 31.7 Å². The van der Waals surface area contributed by atoms with Crippen LogP contribution in [0.4, 0.5) is 11.4 Å². The van der Waals surface area contributed by atoms with Crippen molar-refractivity contribution in [3.8, 4) is 11.1 Å². The van der Waals surface area contributed by atoms with Gasteiger partial charge in [-0.15, -0.1) is 0 Å². The van der Waals surface area contributed by atoms with Crippen molar-refractivity contribution in [2.45, 2.75) is 25.8 Å². The Kier molecular flexibility index (Phi) is 4.46. The number of anilines is 2. The highest BCUT2D eigenvalue weighted by molar-refractivity contribution is 5.86. The molecule has 31 heavy (non-hydrogen) atoms. The monoisotopic (exact) mass is 415 g/mol. The molecule has 0 aliphatic carbocycles. The molecular formula is C23H21N5O3. The first kappa shape index (κ1) is 19.2. The fourth-order valence-electron chi connectivity index (χ4n) is 4.12. The maximum Gasteiger partial charge on any atom is 0.202 e. The molecule has 3 aromatic heterocycles. The third kappa shape index (κ3) is 3.04. The summed E-state index contributed by atoms with van der Waals surface area (Å²) in [6.07, 6.45) is 2.26. The number of nitrogens with zero attached hydrogens (tertiary/aromatic N) is 3. The molecule has 0 saturated carbocycles. The summed E-state index contributed by atoms with van der Waals surface area (Å²) < 4.78 is 5.36. The zero-order chi connectivity index (χ0) is 21.6. The van der Waals surface area contributed by atoms with E-state index < -0.39 is 12.0 Å². The number of benzene rings is 1. The fraction of sp³-hybridized carbons (Fsp3) is 0.174. The van der Waals surface area contributed by atoms with Gasteiger partial charge >= 0.3 is 0 Å². The number of fused-ring (bicyclic) bond motifs is 1. The molecule has 0 amide bonds. The normalized spacial score (nSPS) is 15.3. The van der Waals surface area contributed by atoms with E-state index >= 15 is 0 Å². The molecular weight excluding hydrogens is 394 g/mol. The van der Waals surface area contributed by atoms with Gasteiger partial charge in [-0.05, 0) is 55.8 Å². The zero-order valence-corrected chi connectivity index (χ0v) is 17.0. The van der Waals surface area contributed by atoms with E-state index in [0.29, 0.717) is 34.1 Å². The van der Waals surface area contributed by atoms with Crippen molar-refractivity contribution in [1.29, 1.82) is 0 Å². The summed E-state index contributed by atoms with van der Waals surface area (Å²) in [4.78, 5) is 8.89. The van der Waals surface area contributed by atoms with Crippen LogP contribution < -0.4 is 10.6 Å². The lowest BCUT2D eigenvalue weighted by atomic mass is 9.83. The van der Waals surface area contributed by atoms with Gasteiger partial charge < -0.3 is 25.4 Å². The summed E-state index contributed by atoms with van der Waals surface area (Å²) >= 11 is 0. The molecule has 4 aromatic rings. The first-order valence-corrected chi connectivity index (χ1v) is 9.87. The van der Waals surface area contributed by atoms with Crippen LogP contribution in [0.5, 0.6) is 0 Å². The fourth-order valence-corrected chi connectivity index (χ4v) is 4.12. The Morgan fingerprint density at radius 2 is 1.65 bits per heavy atom. The van der Waals surface area contributed by atoms with Crippen molar-refractivity contribution in [1.82, 2.24) is 15.1 Å². The van der Waals surface area contributed by atoms with Crippen LogP contribution in [0.2, 0.25) is 0 Å². The summed E-state index contributed by atoms with van der Waals surface area (Å²) in [6.45, 7) is 3.70. The van der Waals surface area contributed by atoms with Gasteiger partial charge in [0.05, 0.1) is 28.5 Å². The first-order chi connectivity index (χ1) is 15.0. The topological polar surface area (TPSA) is 116 Å². The number of aliphatic hydroxyl groups excluding tert-OH is 1. The van der Waals surface area contributed by atoms with E-state index in [1.807, 2.05) is 38.1 Å². The average Bonchev–Trinajstić information content (AvgIpc) is 3.34. The number of aromatic nitrogens is 3. The SMILES string of the molecule is Cc1noc(C)c1-c1cc2c(c(C(O)(c3ccccn3)c3ccccn3)c1)NC(O)N2. The van der Waals surface area contributed by atoms with E-state index in [9.17, 15) is 10.2 Å². The predicted molar refractivity (Wildman–Crippen MR) is 115 cm³/mol. The lowest BCUT2D eigenvalue weighted by molar-refractivity contribution is 0.116. The van der Waals surface area contributed by atoms with Crippen molar-refractivity contribution < 1.29 is 14.7 Å². The van der Waals surface area contributed by atoms with Gasteiger partial charge in [0.2, 0.25) is 6.35 Å². The molecule has 4 heterocycles. The van der Waals surface area contributed by atoms with Crippen LogP contribution in [-0.2, 0) is 5.60 Å². The highest BCUT2D eigenvalue weighted by Gasteiger charge is 2.41. The minimum Gasteiger partial charge on any atom is -0.373 e. The van der Waals surface area contributed by atoms with Crippen molar-refractivity contribution >= 4 is 11.4 Å². The molecule has 1 aromatic carbocycles.